The summed E-state index contributed by atoms with van der Waals surface area (Å²) in [6.45, 7) is 6.53. The number of amidine groups is 1. The molecule has 1 N–H and O–H groups in total. The van der Waals surface area contributed by atoms with Gasteiger partial charge in [-0.05, 0) is 34.8 Å². The quantitative estimate of drug-likeness (QED) is 0.753. The molecule has 0 aliphatic carbocycles. The molecule has 0 spiro atoms. The molecule has 24 heavy (non-hydrogen) atoms. The molecule has 122 valence electrons. The summed E-state index contributed by atoms with van der Waals surface area (Å²) >= 11 is 3.40. The lowest BCUT2D eigenvalue weighted by atomic mass is 9.86. The Balaban J connectivity index is 1.87. The maximum Gasteiger partial charge on any atom is 0.275 e. The van der Waals surface area contributed by atoms with E-state index in [0.29, 0.717) is 11.5 Å². The minimum absolute atomic E-state index is 0.103. The van der Waals surface area contributed by atoms with E-state index in [1.54, 1.807) is 6.08 Å². The summed E-state index contributed by atoms with van der Waals surface area (Å²) in [5.74, 6) is 0.427. The van der Waals surface area contributed by atoms with E-state index in [4.69, 9.17) is 0 Å². The molecule has 0 radical (unpaired) electrons. The largest absolute Gasteiger partial charge is 0.305 e. The van der Waals surface area contributed by atoms with Crippen molar-refractivity contribution in [2.45, 2.75) is 26.2 Å². The number of carbonyl (C=O) groups excluding carboxylic acids is 1. The van der Waals surface area contributed by atoms with Crippen molar-refractivity contribution >= 4 is 33.7 Å². The second-order valence-corrected chi connectivity index (χ2v) is 7.74. The van der Waals surface area contributed by atoms with Crippen molar-refractivity contribution in [2.24, 2.45) is 4.99 Å². The van der Waals surface area contributed by atoms with Gasteiger partial charge in [-0.3, -0.25) is 4.79 Å². The average molecular weight is 383 g/mol. The van der Waals surface area contributed by atoms with Gasteiger partial charge < -0.3 is 5.32 Å². The first-order valence-corrected chi connectivity index (χ1v) is 8.60. The Morgan fingerprint density at radius 1 is 1.00 bits per heavy atom. The van der Waals surface area contributed by atoms with Crippen LogP contribution in [0.4, 0.5) is 0 Å². The number of halogens is 1. The number of nitrogens with one attached hydrogen (secondary N) is 1. The maximum atomic E-state index is 12.2. The highest BCUT2D eigenvalue weighted by Crippen LogP contribution is 2.23. The summed E-state index contributed by atoms with van der Waals surface area (Å²) < 4.78 is 1.00. The predicted octanol–water partition coefficient (Wildman–Crippen LogP) is 4.66. The third kappa shape index (κ3) is 3.65. The van der Waals surface area contributed by atoms with E-state index < -0.39 is 0 Å². The fourth-order valence-corrected chi connectivity index (χ4v) is 2.71. The molecule has 0 aromatic heterocycles. The molecule has 3 rings (SSSR count). The third-order valence-electron chi connectivity index (χ3n) is 3.89. The monoisotopic (exact) mass is 382 g/mol. The van der Waals surface area contributed by atoms with Crippen LogP contribution in [0, 0.1) is 0 Å². The fourth-order valence-electron chi connectivity index (χ4n) is 2.45. The molecule has 0 atom stereocenters. The molecule has 1 aliphatic rings. The summed E-state index contributed by atoms with van der Waals surface area (Å²) in [6.07, 6.45) is 1.79. The molecule has 1 heterocycles. The first kappa shape index (κ1) is 16.7. The van der Waals surface area contributed by atoms with Gasteiger partial charge in [0.2, 0.25) is 0 Å². The van der Waals surface area contributed by atoms with Crippen molar-refractivity contribution in [3.63, 3.8) is 0 Å². The SMILES string of the molecule is CC(C)(C)c1ccc(C2=N/C(=C/c3ccc(Br)cc3)C(=O)N2)cc1. The lowest BCUT2D eigenvalue weighted by Gasteiger charge is -2.19. The van der Waals surface area contributed by atoms with Gasteiger partial charge in [-0.2, -0.15) is 0 Å². The minimum atomic E-state index is -0.173. The Hall–Kier alpha value is -2.20. The van der Waals surface area contributed by atoms with Gasteiger partial charge in [0.25, 0.3) is 5.91 Å². The number of benzene rings is 2. The number of amides is 1. The molecule has 2 aromatic rings. The van der Waals surface area contributed by atoms with Gasteiger partial charge in [-0.25, -0.2) is 4.99 Å². The van der Waals surface area contributed by atoms with E-state index in [9.17, 15) is 4.79 Å². The van der Waals surface area contributed by atoms with Crippen molar-refractivity contribution in [1.29, 1.82) is 0 Å². The molecule has 0 bridgehead atoms. The maximum absolute atomic E-state index is 12.2. The van der Waals surface area contributed by atoms with Gasteiger partial charge in [0, 0.05) is 10.0 Å². The van der Waals surface area contributed by atoms with Crippen LogP contribution in [0.3, 0.4) is 0 Å². The van der Waals surface area contributed by atoms with Gasteiger partial charge >= 0.3 is 0 Å². The highest BCUT2D eigenvalue weighted by atomic mass is 79.9. The van der Waals surface area contributed by atoms with Crippen LogP contribution in [-0.2, 0) is 10.2 Å². The van der Waals surface area contributed by atoms with Crippen LogP contribution in [0.1, 0.15) is 37.5 Å². The van der Waals surface area contributed by atoms with Gasteiger partial charge in [-0.1, -0.05) is 73.1 Å². The number of rotatable bonds is 2. The zero-order valence-corrected chi connectivity index (χ0v) is 15.5. The Bertz CT molecular complexity index is 825. The Morgan fingerprint density at radius 2 is 1.62 bits per heavy atom. The van der Waals surface area contributed by atoms with E-state index in [1.807, 2.05) is 36.4 Å². The molecule has 2 aromatic carbocycles. The highest BCUT2D eigenvalue weighted by Gasteiger charge is 2.21. The van der Waals surface area contributed by atoms with Crippen LogP contribution in [0.5, 0.6) is 0 Å². The van der Waals surface area contributed by atoms with Crippen molar-refractivity contribution in [1.82, 2.24) is 5.32 Å². The van der Waals surface area contributed by atoms with Crippen LogP contribution >= 0.6 is 15.9 Å². The summed E-state index contributed by atoms with van der Waals surface area (Å²) in [4.78, 5) is 16.6. The molecular formula is C20H19BrN2O. The molecular weight excluding hydrogens is 364 g/mol. The number of aliphatic imine (C=N–C) groups is 1. The topological polar surface area (TPSA) is 41.5 Å². The Labute approximate surface area is 150 Å². The summed E-state index contributed by atoms with van der Waals surface area (Å²) in [7, 11) is 0. The second-order valence-electron chi connectivity index (χ2n) is 6.82. The van der Waals surface area contributed by atoms with E-state index >= 15 is 0 Å². The molecule has 4 heteroatoms. The molecule has 0 saturated carbocycles. The first-order valence-electron chi connectivity index (χ1n) is 7.81. The Kier molecular flexibility index (Phi) is 4.41. The van der Waals surface area contributed by atoms with Crippen LogP contribution in [0.15, 0.2) is 63.7 Å². The van der Waals surface area contributed by atoms with Crippen LogP contribution in [0.2, 0.25) is 0 Å². The van der Waals surface area contributed by atoms with Crippen LogP contribution in [0.25, 0.3) is 6.08 Å². The zero-order valence-electron chi connectivity index (χ0n) is 13.9. The second kappa shape index (κ2) is 6.36. The molecule has 3 nitrogen and oxygen atoms in total. The van der Waals surface area contributed by atoms with Gasteiger partial charge in [0.1, 0.15) is 11.5 Å². The third-order valence-corrected chi connectivity index (χ3v) is 4.42. The standard InChI is InChI=1S/C20H19BrN2O/c1-20(2,3)15-8-6-14(7-9-15)18-22-17(19(24)23-18)12-13-4-10-16(21)11-5-13/h4-12H,1-3H3,(H,22,23,24)/b17-12+. The highest BCUT2D eigenvalue weighted by molar-refractivity contribution is 9.10. The van der Waals surface area contributed by atoms with Gasteiger partial charge in [-0.15, -0.1) is 0 Å². The van der Waals surface area contributed by atoms with E-state index in [-0.39, 0.29) is 11.3 Å². The summed E-state index contributed by atoms with van der Waals surface area (Å²) in [6, 6.07) is 15.9. The zero-order chi connectivity index (χ0) is 17.3. The molecule has 1 amide bonds. The number of hydrogen-bond acceptors (Lipinski definition) is 2. The van der Waals surface area contributed by atoms with Gasteiger partial charge in [0.05, 0.1) is 0 Å². The molecule has 1 aliphatic heterocycles. The van der Waals surface area contributed by atoms with Crippen LogP contribution < -0.4 is 5.32 Å². The summed E-state index contributed by atoms with van der Waals surface area (Å²) in [5, 5.41) is 2.84. The fraction of sp³-hybridized carbons (Fsp3) is 0.200. The number of nitrogens with zero attached hydrogens (tertiary/aromatic N) is 1. The Morgan fingerprint density at radius 3 is 2.21 bits per heavy atom. The van der Waals surface area contributed by atoms with Crippen molar-refractivity contribution < 1.29 is 4.79 Å². The number of carbonyl (C=O) groups is 1. The lowest BCUT2D eigenvalue weighted by molar-refractivity contribution is -0.115. The first-order chi connectivity index (χ1) is 11.3. The van der Waals surface area contributed by atoms with Crippen molar-refractivity contribution in [2.75, 3.05) is 0 Å². The summed E-state index contributed by atoms with van der Waals surface area (Å²) in [5.41, 5.74) is 3.63. The van der Waals surface area contributed by atoms with E-state index in [1.165, 1.54) is 5.56 Å². The van der Waals surface area contributed by atoms with Gasteiger partial charge in [0.15, 0.2) is 0 Å². The van der Waals surface area contributed by atoms with E-state index in [2.05, 4.69) is 59.1 Å². The minimum Gasteiger partial charge on any atom is -0.305 e. The number of hydrogen-bond donors (Lipinski definition) is 1. The smallest absolute Gasteiger partial charge is 0.275 e. The van der Waals surface area contributed by atoms with Crippen LogP contribution in [-0.4, -0.2) is 11.7 Å². The average Bonchev–Trinajstić information content (AvgIpc) is 2.90. The van der Waals surface area contributed by atoms with E-state index in [0.717, 1.165) is 15.6 Å². The normalized spacial score (nSPS) is 16.2. The lowest BCUT2D eigenvalue weighted by Crippen LogP contribution is -2.24. The predicted molar refractivity (Wildman–Crippen MR) is 102 cm³/mol. The molecule has 0 saturated heterocycles. The molecule has 0 unspecified atom stereocenters. The van der Waals surface area contributed by atoms with Crippen molar-refractivity contribution in [3.05, 3.63) is 75.4 Å². The van der Waals surface area contributed by atoms with Crippen molar-refractivity contribution in [3.8, 4) is 0 Å². The molecule has 0 fully saturated rings.